The van der Waals surface area contributed by atoms with Crippen molar-refractivity contribution in [2.75, 3.05) is 5.32 Å². The van der Waals surface area contributed by atoms with Gasteiger partial charge in [0.2, 0.25) is 0 Å². The molecule has 3 nitrogen and oxygen atoms in total. The van der Waals surface area contributed by atoms with Gasteiger partial charge in [0.05, 0.1) is 22.4 Å². The highest BCUT2D eigenvalue weighted by molar-refractivity contribution is 6.33. The molecule has 0 spiro atoms. The van der Waals surface area contributed by atoms with Crippen LogP contribution < -0.4 is 5.32 Å². The average Bonchev–Trinajstić information content (AvgIpc) is 2.67. The first-order valence-corrected chi connectivity index (χ1v) is 6.97. The number of hydrogen-bond acceptors (Lipinski definition) is 2. The zero-order valence-electron chi connectivity index (χ0n) is 11.9. The molecule has 19 heavy (non-hydrogen) atoms. The Hall–Kier alpha value is -1.48. The molecule has 0 saturated carbocycles. The standard InChI is InChI=1S/C15H20ClN3/c1-5-19-12(4)15(11(3)18-19)10(2)17-14-9-7-6-8-13(14)16/h6-10,17H,5H2,1-4H3. The van der Waals surface area contributed by atoms with Crippen LogP contribution in [0.2, 0.25) is 5.02 Å². The SMILES string of the molecule is CCn1nc(C)c(C(C)Nc2ccccc2Cl)c1C. The molecule has 1 aromatic carbocycles. The summed E-state index contributed by atoms with van der Waals surface area (Å²) in [4.78, 5) is 0. The van der Waals surface area contributed by atoms with Crippen molar-refractivity contribution in [2.45, 2.75) is 40.3 Å². The van der Waals surface area contributed by atoms with Gasteiger partial charge in [-0.25, -0.2) is 0 Å². The van der Waals surface area contributed by atoms with Crippen LogP contribution in [0.3, 0.4) is 0 Å². The maximum Gasteiger partial charge on any atom is 0.0649 e. The molecule has 0 bridgehead atoms. The van der Waals surface area contributed by atoms with Crippen LogP contribution in [-0.2, 0) is 6.54 Å². The van der Waals surface area contributed by atoms with E-state index in [9.17, 15) is 0 Å². The minimum absolute atomic E-state index is 0.181. The van der Waals surface area contributed by atoms with E-state index in [1.807, 2.05) is 28.9 Å². The third kappa shape index (κ3) is 2.76. The third-order valence-corrected chi connectivity index (χ3v) is 3.75. The summed E-state index contributed by atoms with van der Waals surface area (Å²) in [7, 11) is 0. The number of hydrogen-bond donors (Lipinski definition) is 1. The quantitative estimate of drug-likeness (QED) is 0.901. The van der Waals surface area contributed by atoms with Gasteiger partial charge in [-0.3, -0.25) is 4.68 Å². The summed E-state index contributed by atoms with van der Waals surface area (Å²) in [5.41, 5.74) is 4.50. The summed E-state index contributed by atoms with van der Waals surface area (Å²) in [5.74, 6) is 0. The maximum absolute atomic E-state index is 6.18. The van der Waals surface area contributed by atoms with Crippen molar-refractivity contribution in [3.05, 3.63) is 46.2 Å². The van der Waals surface area contributed by atoms with Crippen molar-refractivity contribution in [1.82, 2.24) is 9.78 Å². The number of rotatable bonds is 4. The highest BCUT2D eigenvalue weighted by Crippen LogP contribution is 2.28. The molecule has 1 aromatic heterocycles. The van der Waals surface area contributed by atoms with Crippen molar-refractivity contribution < 1.29 is 0 Å². The molecule has 0 saturated heterocycles. The highest BCUT2D eigenvalue weighted by Gasteiger charge is 2.17. The maximum atomic E-state index is 6.18. The lowest BCUT2D eigenvalue weighted by Gasteiger charge is -2.17. The zero-order chi connectivity index (χ0) is 14.0. The number of nitrogens with one attached hydrogen (secondary N) is 1. The Balaban J connectivity index is 2.28. The topological polar surface area (TPSA) is 29.9 Å². The molecule has 1 unspecified atom stereocenters. The number of para-hydroxylation sites is 1. The molecule has 1 N–H and O–H groups in total. The molecule has 2 rings (SSSR count). The number of halogens is 1. The summed E-state index contributed by atoms with van der Waals surface area (Å²) in [6, 6.07) is 7.99. The number of anilines is 1. The molecule has 0 amide bonds. The molecule has 0 radical (unpaired) electrons. The van der Waals surface area contributed by atoms with Gasteiger partial charge in [-0.05, 0) is 39.8 Å². The van der Waals surface area contributed by atoms with Crippen LogP contribution in [0.25, 0.3) is 0 Å². The van der Waals surface area contributed by atoms with Gasteiger partial charge in [0.1, 0.15) is 0 Å². The first-order chi connectivity index (χ1) is 9.04. The fraction of sp³-hybridized carbons (Fsp3) is 0.400. The Kier molecular flexibility index (Phi) is 4.15. The monoisotopic (exact) mass is 277 g/mol. The predicted octanol–water partition coefficient (Wildman–Crippen LogP) is 4.35. The van der Waals surface area contributed by atoms with E-state index in [0.717, 1.165) is 22.9 Å². The van der Waals surface area contributed by atoms with Gasteiger partial charge in [-0.1, -0.05) is 23.7 Å². The number of aryl methyl sites for hydroxylation is 2. The third-order valence-electron chi connectivity index (χ3n) is 3.42. The Morgan fingerprint density at radius 3 is 2.58 bits per heavy atom. The van der Waals surface area contributed by atoms with Crippen LogP contribution in [0.15, 0.2) is 24.3 Å². The highest BCUT2D eigenvalue weighted by atomic mass is 35.5. The second kappa shape index (κ2) is 5.66. The van der Waals surface area contributed by atoms with Gasteiger partial charge in [-0.15, -0.1) is 0 Å². The van der Waals surface area contributed by atoms with Crippen molar-refractivity contribution >= 4 is 17.3 Å². The number of benzene rings is 1. The van der Waals surface area contributed by atoms with E-state index in [1.54, 1.807) is 0 Å². The molecule has 0 aliphatic heterocycles. The lowest BCUT2D eigenvalue weighted by Crippen LogP contribution is -2.09. The van der Waals surface area contributed by atoms with Crippen LogP contribution in [0.1, 0.15) is 36.8 Å². The number of aromatic nitrogens is 2. The summed E-state index contributed by atoms with van der Waals surface area (Å²) < 4.78 is 2.04. The summed E-state index contributed by atoms with van der Waals surface area (Å²) in [6.45, 7) is 9.31. The van der Waals surface area contributed by atoms with Crippen LogP contribution in [-0.4, -0.2) is 9.78 Å². The van der Waals surface area contributed by atoms with Crippen LogP contribution in [0.4, 0.5) is 5.69 Å². The van der Waals surface area contributed by atoms with Gasteiger partial charge in [0.15, 0.2) is 0 Å². The molecular formula is C15H20ClN3. The van der Waals surface area contributed by atoms with Gasteiger partial charge in [-0.2, -0.15) is 5.10 Å². The van der Waals surface area contributed by atoms with Crippen LogP contribution in [0.5, 0.6) is 0 Å². The van der Waals surface area contributed by atoms with Crippen molar-refractivity contribution in [3.63, 3.8) is 0 Å². The number of nitrogens with zero attached hydrogens (tertiary/aromatic N) is 2. The molecule has 2 aromatic rings. The Morgan fingerprint density at radius 2 is 2.00 bits per heavy atom. The van der Waals surface area contributed by atoms with E-state index in [-0.39, 0.29) is 6.04 Å². The molecular weight excluding hydrogens is 258 g/mol. The van der Waals surface area contributed by atoms with Gasteiger partial charge in [0.25, 0.3) is 0 Å². The van der Waals surface area contributed by atoms with E-state index in [4.69, 9.17) is 11.6 Å². The van der Waals surface area contributed by atoms with E-state index < -0.39 is 0 Å². The minimum atomic E-state index is 0.181. The van der Waals surface area contributed by atoms with Gasteiger partial charge >= 0.3 is 0 Å². The Labute approximate surface area is 119 Å². The molecule has 0 fully saturated rings. The molecule has 1 atom stereocenters. The second-order valence-corrected chi connectivity index (χ2v) is 5.15. The minimum Gasteiger partial charge on any atom is -0.377 e. The summed E-state index contributed by atoms with van der Waals surface area (Å²) in [5, 5.41) is 8.76. The Bertz CT molecular complexity index is 575. The van der Waals surface area contributed by atoms with Crippen molar-refractivity contribution in [2.24, 2.45) is 0 Å². The average molecular weight is 278 g/mol. The molecule has 4 heteroatoms. The summed E-state index contributed by atoms with van der Waals surface area (Å²) in [6.07, 6.45) is 0. The van der Waals surface area contributed by atoms with Crippen LogP contribution >= 0.6 is 11.6 Å². The lowest BCUT2D eigenvalue weighted by atomic mass is 10.1. The predicted molar refractivity (Wildman–Crippen MR) is 80.9 cm³/mol. The molecule has 0 aliphatic carbocycles. The van der Waals surface area contributed by atoms with Crippen molar-refractivity contribution in [1.29, 1.82) is 0 Å². The normalized spacial score (nSPS) is 12.5. The zero-order valence-corrected chi connectivity index (χ0v) is 12.6. The van der Waals surface area contributed by atoms with Crippen LogP contribution in [0, 0.1) is 13.8 Å². The molecule has 0 aliphatic rings. The fourth-order valence-corrected chi connectivity index (χ4v) is 2.72. The lowest BCUT2D eigenvalue weighted by molar-refractivity contribution is 0.632. The van der Waals surface area contributed by atoms with E-state index >= 15 is 0 Å². The first-order valence-electron chi connectivity index (χ1n) is 6.59. The second-order valence-electron chi connectivity index (χ2n) is 4.75. The Morgan fingerprint density at radius 1 is 1.32 bits per heavy atom. The molecule has 1 heterocycles. The van der Waals surface area contributed by atoms with Crippen molar-refractivity contribution in [3.8, 4) is 0 Å². The van der Waals surface area contributed by atoms with E-state index in [2.05, 4.69) is 38.1 Å². The van der Waals surface area contributed by atoms with E-state index in [0.29, 0.717) is 0 Å². The largest absolute Gasteiger partial charge is 0.377 e. The van der Waals surface area contributed by atoms with Gasteiger partial charge in [0, 0.05) is 17.8 Å². The molecule has 102 valence electrons. The summed E-state index contributed by atoms with van der Waals surface area (Å²) >= 11 is 6.18. The van der Waals surface area contributed by atoms with Gasteiger partial charge < -0.3 is 5.32 Å². The van der Waals surface area contributed by atoms with E-state index in [1.165, 1.54) is 11.3 Å². The smallest absolute Gasteiger partial charge is 0.0649 e. The first kappa shape index (κ1) is 13.9. The fourth-order valence-electron chi connectivity index (χ4n) is 2.53.